The molecule has 0 aliphatic heterocycles. The summed E-state index contributed by atoms with van der Waals surface area (Å²) in [5.74, 6) is -2.12. The number of ketones is 1. The zero-order chi connectivity index (χ0) is 11.4. The first-order valence-electron chi connectivity index (χ1n) is 4.65. The highest BCUT2D eigenvalue weighted by Crippen LogP contribution is 2.25. The number of Topliss-reactive ketones (excluding diaryl/α,β-unsaturated/α-hetero) is 1. The highest BCUT2D eigenvalue weighted by Gasteiger charge is 2.15. The van der Waals surface area contributed by atoms with Crippen molar-refractivity contribution in [1.82, 2.24) is 0 Å². The monoisotopic (exact) mass is 214 g/mol. The average Bonchev–Trinajstić information content (AvgIpc) is 2.16. The van der Waals surface area contributed by atoms with E-state index in [0.29, 0.717) is 0 Å². The van der Waals surface area contributed by atoms with E-state index in [4.69, 9.17) is 4.74 Å². The summed E-state index contributed by atoms with van der Waals surface area (Å²) in [6.45, 7) is 3.16. The van der Waals surface area contributed by atoms with Crippen LogP contribution in [-0.4, -0.2) is 12.4 Å². The molecule has 0 saturated carbocycles. The lowest BCUT2D eigenvalue weighted by Crippen LogP contribution is -2.04. The average molecular weight is 214 g/mol. The van der Waals surface area contributed by atoms with Gasteiger partial charge in [-0.1, -0.05) is 6.07 Å². The van der Waals surface area contributed by atoms with Crippen molar-refractivity contribution < 1.29 is 18.3 Å². The molecule has 0 bridgehead atoms. The van der Waals surface area contributed by atoms with Crippen molar-refractivity contribution in [2.75, 3.05) is 6.61 Å². The van der Waals surface area contributed by atoms with Crippen LogP contribution in [0.3, 0.4) is 0 Å². The Morgan fingerprint density at radius 1 is 1.40 bits per heavy atom. The van der Waals surface area contributed by atoms with Gasteiger partial charge in [-0.25, -0.2) is 8.78 Å². The van der Waals surface area contributed by atoms with Crippen LogP contribution >= 0.6 is 0 Å². The number of benzene rings is 1. The SMILES string of the molecule is CCOc1c(F)ccc(CC(C)=O)c1F. The van der Waals surface area contributed by atoms with Crippen molar-refractivity contribution in [1.29, 1.82) is 0 Å². The molecule has 2 nitrogen and oxygen atoms in total. The normalized spacial score (nSPS) is 10.1. The standard InChI is InChI=1S/C11H12F2O2/c1-3-15-11-9(12)5-4-8(10(11)13)6-7(2)14/h4-5H,3,6H2,1-2H3. The van der Waals surface area contributed by atoms with Gasteiger partial charge in [0.1, 0.15) is 5.78 Å². The molecule has 82 valence electrons. The third-order valence-electron chi connectivity index (χ3n) is 1.86. The first-order valence-corrected chi connectivity index (χ1v) is 4.65. The van der Waals surface area contributed by atoms with Crippen molar-refractivity contribution in [3.05, 3.63) is 29.3 Å². The maximum atomic E-state index is 13.6. The Labute approximate surface area is 86.9 Å². The molecule has 1 aromatic rings. The lowest BCUT2D eigenvalue weighted by molar-refractivity contribution is -0.116. The van der Waals surface area contributed by atoms with Gasteiger partial charge in [-0.2, -0.15) is 0 Å². The predicted octanol–water partition coefficient (Wildman–Crippen LogP) is 2.50. The summed E-state index contributed by atoms with van der Waals surface area (Å²) in [7, 11) is 0. The van der Waals surface area contributed by atoms with Crippen LogP contribution in [0.4, 0.5) is 8.78 Å². The van der Waals surface area contributed by atoms with E-state index in [0.717, 1.165) is 6.07 Å². The molecule has 4 heteroatoms. The molecule has 0 aromatic heterocycles. The second-order valence-electron chi connectivity index (χ2n) is 3.16. The maximum absolute atomic E-state index is 13.6. The van der Waals surface area contributed by atoms with E-state index in [1.165, 1.54) is 13.0 Å². The molecule has 15 heavy (non-hydrogen) atoms. The van der Waals surface area contributed by atoms with Crippen LogP contribution < -0.4 is 4.74 Å². The summed E-state index contributed by atoms with van der Waals surface area (Å²) in [4.78, 5) is 10.8. The molecule has 1 aromatic carbocycles. The van der Waals surface area contributed by atoms with Gasteiger partial charge in [0, 0.05) is 6.42 Å². The van der Waals surface area contributed by atoms with E-state index in [1.807, 2.05) is 0 Å². The van der Waals surface area contributed by atoms with E-state index in [9.17, 15) is 13.6 Å². The maximum Gasteiger partial charge on any atom is 0.190 e. The van der Waals surface area contributed by atoms with E-state index in [-0.39, 0.29) is 24.4 Å². The van der Waals surface area contributed by atoms with Gasteiger partial charge in [-0.05, 0) is 25.5 Å². The number of ether oxygens (including phenoxy) is 1. The Bertz CT molecular complexity index is 375. The van der Waals surface area contributed by atoms with E-state index >= 15 is 0 Å². The van der Waals surface area contributed by atoms with Gasteiger partial charge in [0.05, 0.1) is 6.61 Å². The summed E-state index contributed by atoms with van der Waals surface area (Å²) in [6, 6.07) is 2.36. The van der Waals surface area contributed by atoms with Gasteiger partial charge < -0.3 is 4.74 Å². The number of rotatable bonds is 4. The molecule has 0 unspecified atom stereocenters. The molecule has 0 N–H and O–H groups in total. The smallest absolute Gasteiger partial charge is 0.190 e. The van der Waals surface area contributed by atoms with Crippen LogP contribution in [0.5, 0.6) is 5.75 Å². The van der Waals surface area contributed by atoms with Crippen LogP contribution in [0, 0.1) is 11.6 Å². The van der Waals surface area contributed by atoms with Gasteiger partial charge in [-0.15, -0.1) is 0 Å². The highest BCUT2D eigenvalue weighted by atomic mass is 19.1. The largest absolute Gasteiger partial charge is 0.488 e. The number of halogens is 2. The predicted molar refractivity (Wildman–Crippen MR) is 51.9 cm³/mol. The first-order chi connectivity index (χ1) is 7.06. The van der Waals surface area contributed by atoms with Gasteiger partial charge >= 0.3 is 0 Å². The van der Waals surface area contributed by atoms with Gasteiger partial charge in [0.25, 0.3) is 0 Å². The number of hydrogen-bond acceptors (Lipinski definition) is 2. The Morgan fingerprint density at radius 3 is 2.60 bits per heavy atom. The minimum Gasteiger partial charge on any atom is -0.488 e. The molecule has 1 rings (SSSR count). The van der Waals surface area contributed by atoms with Crippen LogP contribution in [0.1, 0.15) is 19.4 Å². The molecule has 0 spiro atoms. The third kappa shape index (κ3) is 2.75. The first kappa shape index (κ1) is 11.6. The van der Waals surface area contributed by atoms with Gasteiger partial charge in [0.15, 0.2) is 17.4 Å². The molecular weight excluding hydrogens is 202 g/mol. The lowest BCUT2D eigenvalue weighted by atomic mass is 10.1. The van der Waals surface area contributed by atoms with Crippen LogP contribution in [-0.2, 0) is 11.2 Å². The van der Waals surface area contributed by atoms with Crippen molar-refractivity contribution in [2.24, 2.45) is 0 Å². The Balaban J connectivity index is 3.09. The summed E-state index contributed by atoms with van der Waals surface area (Å²) >= 11 is 0. The molecule has 0 aliphatic rings. The van der Waals surface area contributed by atoms with Crippen molar-refractivity contribution >= 4 is 5.78 Å². The zero-order valence-electron chi connectivity index (χ0n) is 8.64. The van der Waals surface area contributed by atoms with Crippen molar-refractivity contribution in [2.45, 2.75) is 20.3 Å². The van der Waals surface area contributed by atoms with Crippen LogP contribution in [0.15, 0.2) is 12.1 Å². The van der Waals surface area contributed by atoms with Crippen molar-refractivity contribution in [3.8, 4) is 5.75 Å². The molecule has 0 heterocycles. The topological polar surface area (TPSA) is 26.3 Å². The Kier molecular flexibility index (Phi) is 3.77. The fourth-order valence-corrected chi connectivity index (χ4v) is 1.25. The number of carbonyl (C=O) groups excluding carboxylic acids is 1. The molecule has 0 saturated heterocycles. The van der Waals surface area contributed by atoms with Gasteiger partial charge in [0.2, 0.25) is 0 Å². The third-order valence-corrected chi connectivity index (χ3v) is 1.86. The van der Waals surface area contributed by atoms with Crippen LogP contribution in [0.25, 0.3) is 0 Å². The van der Waals surface area contributed by atoms with Crippen LogP contribution in [0.2, 0.25) is 0 Å². The molecule has 0 radical (unpaired) electrons. The second-order valence-corrected chi connectivity index (χ2v) is 3.16. The number of carbonyl (C=O) groups is 1. The fourth-order valence-electron chi connectivity index (χ4n) is 1.25. The fraction of sp³-hybridized carbons (Fsp3) is 0.364. The molecule has 0 fully saturated rings. The Hall–Kier alpha value is -1.45. The van der Waals surface area contributed by atoms with Gasteiger partial charge in [-0.3, -0.25) is 4.79 Å². The molecule has 0 atom stereocenters. The molecule has 0 aliphatic carbocycles. The molecule has 0 amide bonds. The second kappa shape index (κ2) is 4.87. The van der Waals surface area contributed by atoms with E-state index < -0.39 is 17.4 Å². The summed E-state index contributed by atoms with van der Waals surface area (Å²) in [5, 5.41) is 0. The molecular formula is C11H12F2O2. The minimum atomic E-state index is -0.785. The van der Waals surface area contributed by atoms with E-state index in [2.05, 4.69) is 0 Å². The summed E-state index contributed by atoms with van der Waals surface area (Å²) in [6.07, 6.45) is -0.0494. The quantitative estimate of drug-likeness (QED) is 0.769. The summed E-state index contributed by atoms with van der Waals surface area (Å²) in [5.41, 5.74) is 0.160. The Morgan fingerprint density at radius 2 is 2.07 bits per heavy atom. The minimum absolute atomic E-state index is 0.0494. The number of hydrogen-bond donors (Lipinski definition) is 0. The zero-order valence-corrected chi connectivity index (χ0v) is 8.64. The highest BCUT2D eigenvalue weighted by molar-refractivity contribution is 5.78. The summed E-state index contributed by atoms with van der Waals surface area (Å²) < 4.78 is 31.5. The van der Waals surface area contributed by atoms with Crippen molar-refractivity contribution in [3.63, 3.8) is 0 Å². The van der Waals surface area contributed by atoms with E-state index in [1.54, 1.807) is 6.92 Å². The lowest BCUT2D eigenvalue weighted by Gasteiger charge is -2.08.